The molecule has 0 radical (unpaired) electrons. The number of benzene rings is 1. The zero-order chi connectivity index (χ0) is 22.0. The number of rotatable bonds is 14. The molecule has 0 amide bonds. The van der Waals surface area contributed by atoms with E-state index in [0.717, 1.165) is 5.56 Å². The van der Waals surface area contributed by atoms with Crippen LogP contribution in [0.5, 0.6) is 0 Å². The maximum absolute atomic E-state index is 11.3. The summed E-state index contributed by atoms with van der Waals surface area (Å²) >= 11 is 0. The van der Waals surface area contributed by atoms with E-state index in [9.17, 15) is 24.6 Å². The Labute approximate surface area is 171 Å². The van der Waals surface area contributed by atoms with Crippen LogP contribution in [0.3, 0.4) is 0 Å². The third kappa shape index (κ3) is 9.51. The molecule has 9 nitrogen and oxygen atoms in total. The highest BCUT2D eigenvalue weighted by atomic mass is 16.4. The minimum Gasteiger partial charge on any atom is -0.480 e. The summed E-state index contributed by atoms with van der Waals surface area (Å²) in [6.07, 6.45) is 0.485. The van der Waals surface area contributed by atoms with E-state index in [0.29, 0.717) is 32.6 Å². The average Bonchev–Trinajstić information content (AvgIpc) is 2.63. The number of nitrogens with zero attached hydrogens (tertiary/aromatic N) is 3. The molecule has 9 heteroatoms. The Kier molecular flexibility index (Phi) is 10.3. The predicted octanol–water partition coefficient (Wildman–Crippen LogP) is 0.651. The van der Waals surface area contributed by atoms with E-state index in [-0.39, 0.29) is 24.7 Å². The van der Waals surface area contributed by atoms with Gasteiger partial charge in [-0.2, -0.15) is 0 Å². The van der Waals surface area contributed by atoms with E-state index in [2.05, 4.69) is 0 Å². The van der Waals surface area contributed by atoms with Crippen LogP contribution in [0, 0.1) is 0 Å². The van der Waals surface area contributed by atoms with E-state index in [1.54, 1.807) is 17.0 Å². The second-order valence-electron chi connectivity index (χ2n) is 7.25. The number of aromatic carboxylic acids is 1. The van der Waals surface area contributed by atoms with Crippen LogP contribution in [-0.2, 0) is 16.0 Å². The fourth-order valence-corrected chi connectivity index (χ4v) is 3.10. The molecule has 162 valence electrons. The smallest absolute Gasteiger partial charge is 0.335 e. The lowest BCUT2D eigenvalue weighted by atomic mass is 10.0. The zero-order valence-electron chi connectivity index (χ0n) is 17.2. The minimum absolute atomic E-state index is 0.132. The molecule has 0 spiro atoms. The summed E-state index contributed by atoms with van der Waals surface area (Å²) in [7, 11) is 3.81. The van der Waals surface area contributed by atoms with Crippen LogP contribution in [0.4, 0.5) is 0 Å². The van der Waals surface area contributed by atoms with Crippen LogP contribution < -0.4 is 0 Å². The van der Waals surface area contributed by atoms with Crippen molar-refractivity contribution in [1.29, 1.82) is 0 Å². The summed E-state index contributed by atoms with van der Waals surface area (Å²) in [6.45, 7) is 3.69. The van der Waals surface area contributed by atoms with Crippen molar-refractivity contribution in [2.75, 3.05) is 53.4 Å². The summed E-state index contributed by atoms with van der Waals surface area (Å²) < 4.78 is 0. The van der Waals surface area contributed by atoms with Gasteiger partial charge in [-0.05, 0) is 44.8 Å². The fraction of sp³-hybridized carbons (Fsp3) is 0.550. The number of hydrogen-bond donors (Lipinski definition) is 3. The number of aliphatic carboxylic acids is 2. The number of likely N-dealkylation sites (N-methyl/N-ethyl adjacent to an activating group) is 2. The summed E-state index contributed by atoms with van der Waals surface area (Å²) in [5.74, 6) is -2.89. The van der Waals surface area contributed by atoms with Crippen molar-refractivity contribution >= 4 is 17.9 Å². The molecular weight excluding hydrogens is 378 g/mol. The predicted molar refractivity (Wildman–Crippen MR) is 108 cm³/mol. The lowest BCUT2D eigenvalue weighted by Crippen LogP contribution is -2.49. The molecule has 0 aliphatic rings. The molecule has 0 heterocycles. The first-order valence-corrected chi connectivity index (χ1v) is 9.49. The second kappa shape index (κ2) is 12.2. The van der Waals surface area contributed by atoms with Gasteiger partial charge in [-0.1, -0.05) is 19.1 Å². The Morgan fingerprint density at radius 1 is 0.931 bits per heavy atom. The first-order chi connectivity index (χ1) is 13.6. The molecular formula is C20H31N3O6. The van der Waals surface area contributed by atoms with Crippen molar-refractivity contribution in [2.24, 2.45) is 0 Å². The van der Waals surface area contributed by atoms with Crippen LogP contribution in [-0.4, -0.2) is 107 Å². The molecule has 0 fully saturated rings. The Morgan fingerprint density at radius 2 is 1.52 bits per heavy atom. The summed E-state index contributed by atoms with van der Waals surface area (Å²) in [5, 5.41) is 27.6. The molecule has 29 heavy (non-hydrogen) atoms. The van der Waals surface area contributed by atoms with Crippen molar-refractivity contribution in [3.05, 3.63) is 35.4 Å². The number of carboxylic acids is 3. The minimum atomic E-state index is -1.01. The summed E-state index contributed by atoms with van der Waals surface area (Å²) in [5.41, 5.74) is 1.05. The third-order valence-electron chi connectivity index (χ3n) is 4.62. The lowest BCUT2D eigenvalue weighted by Gasteiger charge is -2.34. The maximum Gasteiger partial charge on any atom is 0.335 e. The molecule has 1 rings (SSSR count). The van der Waals surface area contributed by atoms with Gasteiger partial charge in [0, 0.05) is 25.7 Å². The molecule has 0 bridgehead atoms. The van der Waals surface area contributed by atoms with Gasteiger partial charge in [0.05, 0.1) is 18.7 Å². The molecule has 1 unspecified atom stereocenters. The van der Waals surface area contributed by atoms with Crippen LogP contribution in [0.1, 0.15) is 22.8 Å². The first-order valence-electron chi connectivity index (χ1n) is 9.49. The molecule has 3 N–H and O–H groups in total. The highest BCUT2D eigenvalue weighted by Crippen LogP contribution is 2.13. The fourth-order valence-electron chi connectivity index (χ4n) is 3.10. The van der Waals surface area contributed by atoms with Crippen LogP contribution >= 0.6 is 0 Å². The quantitative estimate of drug-likeness (QED) is 0.406. The Balaban J connectivity index is 3.04. The van der Waals surface area contributed by atoms with Crippen molar-refractivity contribution in [1.82, 2.24) is 14.7 Å². The normalized spacial score (nSPS) is 12.5. The molecule has 0 saturated heterocycles. The Bertz CT molecular complexity index is 677. The molecule has 1 aromatic carbocycles. The van der Waals surface area contributed by atoms with Gasteiger partial charge >= 0.3 is 17.9 Å². The number of carboxylic acid groups (broad SMARTS) is 3. The zero-order valence-corrected chi connectivity index (χ0v) is 17.2. The van der Waals surface area contributed by atoms with Crippen molar-refractivity contribution in [3.63, 3.8) is 0 Å². The van der Waals surface area contributed by atoms with Gasteiger partial charge in [-0.15, -0.1) is 0 Å². The van der Waals surface area contributed by atoms with Gasteiger partial charge in [-0.25, -0.2) is 4.79 Å². The van der Waals surface area contributed by atoms with Gasteiger partial charge in [0.2, 0.25) is 0 Å². The van der Waals surface area contributed by atoms with Crippen LogP contribution in [0.15, 0.2) is 24.3 Å². The third-order valence-corrected chi connectivity index (χ3v) is 4.62. The van der Waals surface area contributed by atoms with Gasteiger partial charge < -0.3 is 20.2 Å². The monoisotopic (exact) mass is 409 g/mol. The molecule has 0 aliphatic heterocycles. The highest BCUT2D eigenvalue weighted by molar-refractivity contribution is 5.87. The standard InChI is InChI=1S/C20H31N3O6/c1-4-23(14-19(26)27)17(11-15-5-7-16(8-6-15)20(28)29)12-22(13-18(24)25)10-9-21(2)3/h5-8,17H,4,9-14H2,1-3H3,(H,24,25)(H,26,27)(H,28,29). The van der Waals surface area contributed by atoms with E-state index >= 15 is 0 Å². The molecule has 1 aromatic rings. The maximum atomic E-state index is 11.3. The Morgan fingerprint density at radius 3 is 1.97 bits per heavy atom. The molecule has 1 atom stereocenters. The highest BCUT2D eigenvalue weighted by Gasteiger charge is 2.24. The molecule has 0 aliphatic carbocycles. The summed E-state index contributed by atoms with van der Waals surface area (Å²) in [4.78, 5) is 39.2. The van der Waals surface area contributed by atoms with Gasteiger partial charge in [0.25, 0.3) is 0 Å². The van der Waals surface area contributed by atoms with E-state index in [1.165, 1.54) is 12.1 Å². The first kappa shape index (κ1) is 24.5. The average molecular weight is 409 g/mol. The van der Waals surface area contributed by atoms with Crippen LogP contribution in [0.2, 0.25) is 0 Å². The second-order valence-corrected chi connectivity index (χ2v) is 7.25. The van der Waals surface area contributed by atoms with Crippen molar-refractivity contribution in [2.45, 2.75) is 19.4 Å². The molecule has 0 saturated carbocycles. The van der Waals surface area contributed by atoms with Crippen molar-refractivity contribution in [3.8, 4) is 0 Å². The van der Waals surface area contributed by atoms with Gasteiger partial charge in [0.1, 0.15) is 0 Å². The largest absolute Gasteiger partial charge is 0.480 e. The lowest BCUT2D eigenvalue weighted by molar-refractivity contribution is -0.140. The van der Waals surface area contributed by atoms with Crippen LogP contribution in [0.25, 0.3) is 0 Å². The topological polar surface area (TPSA) is 122 Å². The summed E-state index contributed by atoms with van der Waals surface area (Å²) in [6, 6.07) is 6.24. The molecule has 0 aromatic heterocycles. The van der Waals surface area contributed by atoms with Gasteiger partial charge in [-0.3, -0.25) is 19.4 Å². The number of hydrogen-bond acceptors (Lipinski definition) is 6. The Hall–Kier alpha value is -2.49. The van der Waals surface area contributed by atoms with E-state index < -0.39 is 17.9 Å². The number of carbonyl (C=O) groups is 3. The van der Waals surface area contributed by atoms with E-state index in [1.807, 2.05) is 30.8 Å². The SMILES string of the molecule is CCN(CC(=O)O)C(Cc1ccc(C(=O)O)cc1)CN(CCN(C)C)CC(=O)O. The van der Waals surface area contributed by atoms with Gasteiger partial charge in [0.15, 0.2) is 0 Å². The van der Waals surface area contributed by atoms with Crippen molar-refractivity contribution < 1.29 is 29.7 Å². The van der Waals surface area contributed by atoms with E-state index in [4.69, 9.17) is 5.11 Å².